The predicted octanol–water partition coefficient (Wildman–Crippen LogP) is 2.66. The summed E-state index contributed by atoms with van der Waals surface area (Å²) in [6.45, 7) is 9.10. The van der Waals surface area contributed by atoms with E-state index in [1.165, 1.54) is 0 Å². The van der Waals surface area contributed by atoms with Crippen molar-refractivity contribution >= 4 is 23.1 Å². The Kier molecular flexibility index (Phi) is 6.31. The molecule has 31 heavy (non-hydrogen) atoms. The molecule has 164 valence electrons. The highest BCUT2D eigenvalue weighted by molar-refractivity contribution is 6.05. The van der Waals surface area contributed by atoms with Crippen LogP contribution in [0.5, 0.6) is 5.88 Å². The lowest BCUT2D eigenvalue weighted by Crippen LogP contribution is -2.44. The molecule has 3 aromatic rings. The molecule has 2 N–H and O–H groups in total. The zero-order valence-electron chi connectivity index (χ0n) is 18.3. The molecule has 9 heteroatoms. The molecule has 1 aliphatic heterocycles. The molecule has 0 unspecified atom stereocenters. The summed E-state index contributed by atoms with van der Waals surface area (Å²) in [6, 6.07) is 6.03. The normalized spacial score (nSPS) is 14.5. The number of aromatic nitrogens is 4. The molecule has 0 bridgehead atoms. The van der Waals surface area contributed by atoms with Crippen molar-refractivity contribution in [2.24, 2.45) is 0 Å². The molecule has 0 saturated carbocycles. The number of aryl methyl sites for hydroxylation is 1. The van der Waals surface area contributed by atoms with Gasteiger partial charge in [0.1, 0.15) is 5.56 Å². The van der Waals surface area contributed by atoms with E-state index in [0.717, 1.165) is 43.7 Å². The Hall–Kier alpha value is -3.20. The van der Waals surface area contributed by atoms with Crippen LogP contribution in [-0.2, 0) is 0 Å². The molecular formula is C22H29N7O2. The number of ether oxygens (including phenoxy) is 1. The number of pyridine rings is 1. The van der Waals surface area contributed by atoms with Crippen LogP contribution in [0.25, 0.3) is 5.52 Å². The summed E-state index contributed by atoms with van der Waals surface area (Å²) in [5.41, 5.74) is 2.82. The number of nitrogens with one attached hydrogen (secondary N) is 2. The fourth-order valence-corrected chi connectivity index (χ4v) is 3.98. The summed E-state index contributed by atoms with van der Waals surface area (Å²) in [4.78, 5) is 24.3. The molecule has 1 saturated heterocycles. The second-order valence-electron chi connectivity index (χ2n) is 7.61. The first-order valence-corrected chi connectivity index (χ1v) is 10.8. The average Bonchev–Trinajstić information content (AvgIpc) is 3.15. The maximum atomic E-state index is 13.0. The Bertz CT molecular complexity index is 1060. The highest BCUT2D eigenvalue weighted by Crippen LogP contribution is 2.24. The third kappa shape index (κ3) is 4.61. The van der Waals surface area contributed by atoms with Gasteiger partial charge in [0, 0.05) is 30.7 Å². The van der Waals surface area contributed by atoms with Gasteiger partial charge in [0.2, 0.25) is 11.8 Å². The van der Waals surface area contributed by atoms with Crippen molar-refractivity contribution in [2.75, 3.05) is 36.5 Å². The van der Waals surface area contributed by atoms with Gasteiger partial charge in [0.05, 0.1) is 17.8 Å². The third-order valence-electron chi connectivity index (χ3n) is 5.46. The van der Waals surface area contributed by atoms with Crippen LogP contribution in [0.2, 0.25) is 0 Å². The zero-order valence-corrected chi connectivity index (χ0v) is 18.3. The monoisotopic (exact) mass is 423 g/mol. The van der Waals surface area contributed by atoms with E-state index in [1.54, 1.807) is 10.7 Å². The summed E-state index contributed by atoms with van der Waals surface area (Å²) in [7, 11) is 0. The predicted molar refractivity (Wildman–Crippen MR) is 120 cm³/mol. The zero-order chi connectivity index (χ0) is 21.8. The molecule has 0 spiro atoms. The lowest BCUT2D eigenvalue weighted by molar-refractivity contribution is 0.102. The van der Waals surface area contributed by atoms with Crippen molar-refractivity contribution < 1.29 is 9.53 Å². The van der Waals surface area contributed by atoms with Crippen LogP contribution >= 0.6 is 0 Å². The molecule has 3 aromatic heterocycles. The number of hydrogen-bond donors (Lipinski definition) is 2. The number of amides is 1. The summed E-state index contributed by atoms with van der Waals surface area (Å²) in [6.07, 6.45) is 5.47. The van der Waals surface area contributed by atoms with E-state index in [0.29, 0.717) is 35.7 Å². The standard InChI is InChI=1S/C22H29N7O2/c1-4-28(17-6-9-23-10-7-17)22-24-14-19(21(26-22)31-5-2)20(30)25-16-8-11-29-18(13-16)12-15(3)27-29/h8,11-14,17,23H,4-7,9-10H2,1-3H3,(H,25,30). The van der Waals surface area contributed by atoms with Gasteiger partial charge in [-0.3, -0.25) is 4.79 Å². The highest BCUT2D eigenvalue weighted by atomic mass is 16.5. The molecule has 1 amide bonds. The van der Waals surface area contributed by atoms with Crippen molar-refractivity contribution in [3.63, 3.8) is 0 Å². The summed E-state index contributed by atoms with van der Waals surface area (Å²) < 4.78 is 7.50. The third-order valence-corrected chi connectivity index (χ3v) is 5.46. The Morgan fingerprint density at radius 3 is 2.87 bits per heavy atom. The first-order chi connectivity index (χ1) is 15.1. The van der Waals surface area contributed by atoms with E-state index >= 15 is 0 Å². The van der Waals surface area contributed by atoms with Gasteiger partial charge in [0.15, 0.2) is 0 Å². The number of rotatable bonds is 7. The molecule has 0 aromatic carbocycles. The van der Waals surface area contributed by atoms with Crippen LogP contribution < -0.4 is 20.3 Å². The van der Waals surface area contributed by atoms with Gasteiger partial charge in [-0.1, -0.05) is 0 Å². The smallest absolute Gasteiger partial charge is 0.262 e. The maximum absolute atomic E-state index is 13.0. The second kappa shape index (κ2) is 9.30. The molecule has 0 radical (unpaired) electrons. The lowest BCUT2D eigenvalue weighted by Gasteiger charge is -2.34. The van der Waals surface area contributed by atoms with Crippen LogP contribution in [0.4, 0.5) is 11.6 Å². The van der Waals surface area contributed by atoms with Crippen molar-refractivity contribution in [3.05, 3.63) is 41.9 Å². The minimum absolute atomic E-state index is 0.304. The van der Waals surface area contributed by atoms with Gasteiger partial charge < -0.3 is 20.3 Å². The Morgan fingerprint density at radius 1 is 1.32 bits per heavy atom. The molecule has 1 aliphatic rings. The Balaban J connectivity index is 1.57. The minimum atomic E-state index is -0.305. The number of anilines is 2. The van der Waals surface area contributed by atoms with Crippen LogP contribution in [0.3, 0.4) is 0 Å². The minimum Gasteiger partial charge on any atom is -0.477 e. The van der Waals surface area contributed by atoms with Crippen molar-refractivity contribution in [3.8, 4) is 5.88 Å². The van der Waals surface area contributed by atoms with Crippen LogP contribution in [0, 0.1) is 6.92 Å². The van der Waals surface area contributed by atoms with Gasteiger partial charge in [0.25, 0.3) is 5.91 Å². The molecule has 4 rings (SSSR count). The van der Waals surface area contributed by atoms with E-state index < -0.39 is 0 Å². The number of piperidine rings is 1. The molecule has 9 nitrogen and oxygen atoms in total. The fourth-order valence-electron chi connectivity index (χ4n) is 3.98. The van der Waals surface area contributed by atoms with Gasteiger partial charge in [-0.2, -0.15) is 10.1 Å². The molecule has 4 heterocycles. The number of carbonyl (C=O) groups is 1. The lowest BCUT2D eigenvalue weighted by atomic mass is 10.1. The van der Waals surface area contributed by atoms with Crippen molar-refractivity contribution in [1.29, 1.82) is 0 Å². The maximum Gasteiger partial charge on any atom is 0.262 e. The molecule has 1 fully saturated rings. The Morgan fingerprint density at radius 2 is 2.13 bits per heavy atom. The summed E-state index contributed by atoms with van der Waals surface area (Å²) in [5.74, 6) is 0.602. The number of nitrogens with zero attached hydrogens (tertiary/aromatic N) is 5. The average molecular weight is 424 g/mol. The van der Waals surface area contributed by atoms with Crippen LogP contribution in [-0.4, -0.2) is 57.8 Å². The topological polar surface area (TPSA) is 96.7 Å². The summed E-state index contributed by atoms with van der Waals surface area (Å²) >= 11 is 0. The number of carbonyl (C=O) groups excluding carboxylic acids is 1. The summed E-state index contributed by atoms with van der Waals surface area (Å²) in [5, 5.41) is 10.7. The van der Waals surface area contributed by atoms with E-state index in [-0.39, 0.29) is 5.91 Å². The largest absolute Gasteiger partial charge is 0.477 e. The second-order valence-corrected chi connectivity index (χ2v) is 7.61. The SMILES string of the molecule is CCOc1nc(N(CC)C2CCNCC2)ncc1C(=O)Nc1ccn2nc(C)cc2c1. The van der Waals surface area contributed by atoms with Crippen LogP contribution in [0.15, 0.2) is 30.6 Å². The first-order valence-electron chi connectivity index (χ1n) is 10.8. The van der Waals surface area contributed by atoms with E-state index in [9.17, 15) is 4.79 Å². The van der Waals surface area contributed by atoms with Crippen molar-refractivity contribution in [1.82, 2.24) is 24.9 Å². The fraction of sp³-hybridized carbons (Fsp3) is 0.455. The van der Waals surface area contributed by atoms with E-state index in [2.05, 4.69) is 37.5 Å². The van der Waals surface area contributed by atoms with E-state index in [4.69, 9.17) is 4.74 Å². The van der Waals surface area contributed by atoms with Gasteiger partial charge in [-0.15, -0.1) is 0 Å². The van der Waals surface area contributed by atoms with Gasteiger partial charge >= 0.3 is 0 Å². The van der Waals surface area contributed by atoms with E-state index in [1.807, 2.05) is 38.2 Å². The van der Waals surface area contributed by atoms with Crippen LogP contribution in [0.1, 0.15) is 42.7 Å². The molecular weight excluding hydrogens is 394 g/mol. The number of hydrogen-bond acceptors (Lipinski definition) is 7. The first kappa shape index (κ1) is 21.0. The molecule has 0 atom stereocenters. The number of fused-ring (bicyclic) bond motifs is 1. The van der Waals surface area contributed by atoms with Crippen molar-refractivity contribution in [2.45, 2.75) is 39.7 Å². The quantitative estimate of drug-likeness (QED) is 0.603. The molecule has 0 aliphatic carbocycles. The van der Waals surface area contributed by atoms with Gasteiger partial charge in [-0.05, 0) is 64.9 Å². The Labute approximate surface area is 181 Å². The highest BCUT2D eigenvalue weighted by Gasteiger charge is 2.24. The van der Waals surface area contributed by atoms with Gasteiger partial charge in [-0.25, -0.2) is 9.50 Å².